The number of nitriles is 1. The highest BCUT2D eigenvalue weighted by molar-refractivity contribution is 6.35. The summed E-state index contributed by atoms with van der Waals surface area (Å²) >= 11 is 12.3. The number of carbonyl (C=O) groups excluding carboxylic acids is 1. The van der Waals surface area contributed by atoms with Gasteiger partial charge in [0.2, 0.25) is 11.6 Å². The van der Waals surface area contributed by atoms with Crippen LogP contribution >= 0.6 is 23.2 Å². The topological polar surface area (TPSA) is 108 Å². The van der Waals surface area contributed by atoms with E-state index in [1.165, 1.54) is 0 Å². The van der Waals surface area contributed by atoms with Crippen LogP contribution in [0.3, 0.4) is 0 Å². The summed E-state index contributed by atoms with van der Waals surface area (Å²) in [5.41, 5.74) is 12.2. The van der Waals surface area contributed by atoms with Crippen molar-refractivity contribution in [1.29, 1.82) is 5.26 Å². The first-order chi connectivity index (χ1) is 21.1. The van der Waals surface area contributed by atoms with Crippen LogP contribution in [0.25, 0.3) is 11.0 Å². The molecule has 0 bridgehead atoms. The highest BCUT2D eigenvalue weighted by Crippen LogP contribution is 2.44. The number of ether oxygens (including phenoxy) is 3. The van der Waals surface area contributed by atoms with Crippen molar-refractivity contribution in [3.63, 3.8) is 0 Å². The number of halogens is 2. The zero-order chi connectivity index (χ0) is 31.1. The monoisotopic (exact) mass is 624 g/mol. The van der Waals surface area contributed by atoms with Crippen LogP contribution in [0, 0.1) is 32.1 Å². The van der Waals surface area contributed by atoms with Crippen LogP contribution in [0.2, 0.25) is 10.0 Å². The molecule has 1 aromatic heterocycles. The van der Waals surface area contributed by atoms with Gasteiger partial charge in [0.15, 0.2) is 0 Å². The smallest absolute Gasteiger partial charge is 0.379 e. The number of carbonyl (C=O) groups is 1. The molecule has 2 heterocycles. The Morgan fingerprint density at radius 2 is 1.77 bits per heavy atom. The quantitative estimate of drug-likeness (QED) is 0.149. The van der Waals surface area contributed by atoms with Crippen molar-refractivity contribution >= 4 is 40.1 Å². The number of esters is 1. The molecule has 220 valence electrons. The van der Waals surface area contributed by atoms with Crippen molar-refractivity contribution in [2.75, 3.05) is 0 Å². The van der Waals surface area contributed by atoms with E-state index in [1.54, 1.807) is 30.3 Å². The lowest BCUT2D eigenvalue weighted by atomic mass is 9.83. The number of benzene rings is 4. The van der Waals surface area contributed by atoms with E-state index in [4.69, 9.17) is 47.6 Å². The predicted octanol–water partition coefficient (Wildman–Crippen LogP) is 8.68. The van der Waals surface area contributed by atoms with Crippen molar-refractivity contribution in [2.45, 2.75) is 33.3 Å². The molecular formula is C35H26Cl2N2O5. The number of hydrogen-bond acceptors (Lipinski definition) is 7. The van der Waals surface area contributed by atoms with E-state index >= 15 is 0 Å². The van der Waals surface area contributed by atoms with E-state index in [0.717, 1.165) is 27.6 Å². The maximum absolute atomic E-state index is 13.2. The summed E-state index contributed by atoms with van der Waals surface area (Å²) in [6.45, 7) is 6.06. The summed E-state index contributed by atoms with van der Waals surface area (Å²) in [7, 11) is 0. The van der Waals surface area contributed by atoms with Crippen LogP contribution in [0.1, 0.15) is 49.9 Å². The van der Waals surface area contributed by atoms with E-state index in [2.05, 4.69) is 6.07 Å². The first kappa shape index (κ1) is 29.2. The first-order valence-electron chi connectivity index (χ1n) is 13.7. The van der Waals surface area contributed by atoms with Gasteiger partial charge in [0.25, 0.3) is 0 Å². The molecule has 0 aliphatic carbocycles. The summed E-state index contributed by atoms with van der Waals surface area (Å²) < 4.78 is 23.4. The van der Waals surface area contributed by atoms with Crippen LogP contribution in [0.5, 0.6) is 17.2 Å². The maximum Gasteiger partial charge on any atom is 0.379 e. The molecule has 44 heavy (non-hydrogen) atoms. The Morgan fingerprint density at radius 3 is 2.55 bits per heavy atom. The maximum atomic E-state index is 13.2. The van der Waals surface area contributed by atoms with Crippen molar-refractivity contribution in [1.82, 2.24) is 0 Å². The first-order valence-corrected chi connectivity index (χ1v) is 14.5. The Kier molecular flexibility index (Phi) is 7.73. The molecule has 0 radical (unpaired) electrons. The zero-order valence-electron chi connectivity index (χ0n) is 24.0. The number of aryl methyl sites for hydroxylation is 3. The second kappa shape index (κ2) is 11.6. The molecule has 2 N–H and O–H groups in total. The summed E-state index contributed by atoms with van der Waals surface area (Å²) in [5.74, 6) is 0.104. The van der Waals surface area contributed by atoms with Crippen LogP contribution in [0.15, 0.2) is 88.7 Å². The Labute approximate surface area is 264 Å². The van der Waals surface area contributed by atoms with Gasteiger partial charge in [-0.2, -0.15) is 5.26 Å². The lowest BCUT2D eigenvalue weighted by molar-refractivity contribution is 0.0702. The van der Waals surface area contributed by atoms with E-state index < -0.39 is 11.9 Å². The van der Waals surface area contributed by atoms with E-state index in [1.807, 2.05) is 63.2 Å². The second-order valence-electron chi connectivity index (χ2n) is 10.6. The standard InChI is InChI=1S/C35H26Cl2N2O5/c1-18-11-27-20(3)33(43-30(27)12-19(18)2)35(40)42-25-9-10-26-31(15-25)44-34(39)28(16-38)32(26)21-5-4-6-24(13-21)41-17-22-7-8-23(36)14-29(22)37/h4-15,32H,17,39H2,1-3H3. The SMILES string of the molecule is Cc1cc2oc(C(=O)Oc3ccc4c(c3)OC(N)=C(C#N)C4c3cccc(OCc4ccc(Cl)cc4Cl)c3)c(C)c2cc1C. The fourth-order valence-corrected chi connectivity index (χ4v) is 5.71. The van der Waals surface area contributed by atoms with E-state index in [0.29, 0.717) is 38.3 Å². The highest BCUT2D eigenvalue weighted by Gasteiger charge is 2.32. The fourth-order valence-electron chi connectivity index (χ4n) is 5.25. The molecule has 1 aliphatic rings. The van der Waals surface area contributed by atoms with Gasteiger partial charge in [-0.05, 0) is 79.9 Å². The Hall–Kier alpha value is -4.90. The molecule has 0 spiro atoms. The normalized spacial score (nSPS) is 14.1. The third-order valence-corrected chi connectivity index (χ3v) is 8.33. The van der Waals surface area contributed by atoms with E-state index in [9.17, 15) is 10.1 Å². The van der Waals surface area contributed by atoms with Crippen LogP contribution < -0.4 is 19.9 Å². The zero-order valence-corrected chi connectivity index (χ0v) is 25.5. The highest BCUT2D eigenvalue weighted by atomic mass is 35.5. The number of nitrogens with two attached hydrogens (primary N) is 1. The number of rotatable bonds is 6. The predicted molar refractivity (Wildman–Crippen MR) is 168 cm³/mol. The molecule has 6 rings (SSSR count). The molecule has 0 amide bonds. The molecule has 0 fully saturated rings. The van der Waals surface area contributed by atoms with Gasteiger partial charge in [-0.1, -0.05) is 47.5 Å². The number of nitrogens with zero attached hydrogens (tertiary/aromatic N) is 1. The van der Waals surface area contributed by atoms with Gasteiger partial charge in [-0.25, -0.2) is 4.79 Å². The lowest BCUT2D eigenvalue weighted by Gasteiger charge is -2.27. The fraction of sp³-hybridized carbons (Fsp3) is 0.143. The average Bonchev–Trinajstić information content (AvgIpc) is 3.31. The Bertz CT molecular complexity index is 2040. The van der Waals surface area contributed by atoms with Crippen molar-refractivity contribution < 1.29 is 23.4 Å². The number of allylic oxidation sites excluding steroid dienone is 1. The molecule has 1 unspecified atom stereocenters. The van der Waals surface area contributed by atoms with Gasteiger partial charge in [-0.3, -0.25) is 0 Å². The third-order valence-electron chi connectivity index (χ3n) is 7.74. The minimum Gasteiger partial charge on any atom is -0.489 e. The van der Waals surface area contributed by atoms with Crippen LogP contribution in [-0.4, -0.2) is 5.97 Å². The molecule has 0 saturated carbocycles. The third kappa shape index (κ3) is 5.46. The summed E-state index contributed by atoms with van der Waals surface area (Å²) in [6, 6.07) is 23.7. The van der Waals surface area contributed by atoms with Gasteiger partial charge in [-0.15, -0.1) is 0 Å². The molecule has 5 aromatic rings. The van der Waals surface area contributed by atoms with Gasteiger partial charge >= 0.3 is 5.97 Å². The molecule has 0 saturated heterocycles. The van der Waals surface area contributed by atoms with Gasteiger partial charge < -0.3 is 24.4 Å². The minimum atomic E-state index is -0.631. The number of fused-ring (bicyclic) bond motifs is 2. The molecule has 7 nitrogen and oxygen atoms in total. The van der Waals surface area contributed by atoms with Crippen LogP contribution in [-0.2, 0) is 6.61 Å². The Morgan fingerprint density at radius 1 is 0.977 bits per heavy atom. The second-order valence-corrected chi connectivity index (χ2v) is 11.4. The summed E-state index contributed by atoms with van der Waals surface area (Å²) in [6.07, 6.45) is 0. The molecule has 1 atom stereocenters. The molecule has 9 heteroatoms. The molecule has 4 aromatic carbocycles. The number of hydrogen-bond donors (Lipinski definition) is 1. The largest absolute Gasteiger partial charge is 0.489 e. The Balaban J connectivity index is 1.27. The van der Waals surface area contributed by atoms with Crippen molar-refractivity contribution in [2.24, 2.45) is 5.73 Å². The van der Waals surface area contributed by atoms with Crippen LogP contribution in [0.4, 0.5) is 0 Å². The van der Waals surface area contributed by atoms with Gasteiger partial charge in [0.05, 0.1) is 5.92 Å². The average molecular weight is 626 g/mol. The van der Waals surface area contributed by atoms with Crippen molar-refractivity contribution in [3.05, 3.63) is 133 Å². The lowest BCUT2D eigenvalue weighted by Crippen LogP contribution is -2.21. The number of furan rings is 1. The minimum absolute atomic E-state index is 0.0355. The van der Waals surface area contributed by atoms with Gasteiger partial charge in [0, 0.05) is 38.2 Å². The van der Waals surface area contributed by atoms with Crippen molar-refractivity contribution in [3.8, 4) is 23.3 Å². The molecule has 1 aliphatic heterocycles. The summed E-state index contributed by atoms with van der Waals surface area (Å²) in [4.78, 5) is 13.2. The van der Waals surface area contributed by atoms with E-state index in [-0.39, 0.29) is 29.6 Å². The molecular weight excluding hydrogens is 599 g/mol. The summed E-state index contributed by atoms with van der Waals surface area (Å²) in [5, 5.41) is 11.9. The van der Waals surface area contributed by atoms with Gasteiger partial charge in [0.1, 0.15) is 41.1 Å².